The van der Waals surface area contributed by atoms with Gasteiger partial charge in [0.1, 0.15) is 5.75 Å². The van der Waals surface area contributed by atoms with Crippen LogP contribution in [0.15, 0.2) is 30.0 Å². The topological polar surface area (TPSA) is 83.8 Å². The van der Waals surface area contributed by atoms with Crippen LogP contribution < -0.4 is 4.74 Å². The standard InChI is InChI=1S/C11H9ClO5/c1-6-2-3-7(12)8(4-6)17-9(11(15)16)5-10(13)14/h2-5H,1H3,(H,13,14)(H,15,16)/b9-5-. The highest BCUT2D eigenvalue weighted by Gasteiger charge is 2.14. The van der Waals surface area contributed by atoms with Crippen molar-refractivity contribution >= 4 is 23.5 Å². The zero-order valence-corrected chi connectivity index (χ0v) is 9.56. The highest BCUT2D eigenvalue weighted by atomic mass is 35.5. The molecule has 0 saturated heterocycles. The van der Waals surface area contributed by atoms with E-state index in [4.69, 9.17) is 26.6 Å². The minimum atomic E-state index is -1.48. The molecule has 2 N–H and O–H groups in total. The first kappa shape index (κ1) is 13.1. The summed E-state index contributed by atoms with van der Waals surface area (Å²) >= 11 is 5.79. The largest absolute Gasteiger partial charge is 0.478 e. The summed E-state index contributed by atoms with van der Waals surface area (Å²) in [6.45, 7) is 1.77. The van der Waals surface area contributed by atoms with E-state index in [9.17, 15) is 9.59 Å². The lowest BCUT2D eigenvalue weighted by Crippen LogP contribution is -2.10. The zero-order chi connectivity index (χ0) is 13.0. The minimum Gasteiger partial charge on any atom is -0.478 e. The molecule has 1 rings (SSSR count). The first-order valence-corrected chi connectivity index (χ1v) is 4.90. The third-order valence-corrected chi connectivity index (χ3v) is 2.08. The van der Waals surface area contributed by atoms with Crippen LogP contribution in [0.2, 0.25) is 5.02 Å². The van der Waals surface area contributed by atoms with Gasteiger partial charge in [0.2, 0.25) is 5.76 Å². The average Bonchev–Trinajstić information content (AvgIpc) is 2.21. The Hall–Kier alpha value is -2.01. The van der Waals surface area contributed by atoms with Crippen LogP contribution in [0.5, 0.6) is 5.75 Å². The van der Waals surface area contributed by atoms with E-state index in [1.165, 1.54) is 12.1 Å². The monoisotopic (exact) mass is 256 g/mol. The predicted octanol–water partition coefficient (Wildman–Crippen LogP) is 2.08. The Morgan fingerprint density at radius 3 is 2.53 bits per heavy atom. The maximum Gasteiger partial charge on any atom is 0.372 e. The molecule has 0 aliphatic heterocycles. The Morgan fingerprint density at radius 1 is 1.35 bits per heavy atom. The number of carbonyl (C=O) groups is 2. The van der Waals surface area contributed by atoms with Gasteiger partial charge in [-0.15, -0.1) is 0 Å². The van der Waals surface area contributed by atoms with Crippen molar-refractivity contribution in [2.45, 2.75) is 6.92 Å². The summed E-state index contributed by atoms with van der Waals surface area (Å²) in [5.41, 5.74) is 0.810. The molecule has 90 valence electrons. The van der Waals surface area contributed by atoms with Gasteiger partial charge in [-0.05, 0) is 24.6 Å². The minimum absolute atomic E-state index is 0.0987. The molecule has 5 nitrogen and oxygen atoms in total. The summed E-state index contributed by atoms with van der Waals surface area (Å²) in [6, 6.07) is 4.77. The normalized spacial score (nSPS) is 11.1. The molecule has 0 unspecified atom stereocenters. The second-order valence-electron chi connectivity index (χ2n) is 3.19. The van der Waals surface area contributed by atoms with Gasteiger partial charge in [0.15, 0.2) is 0 Å². The highest BCUT2D eigenvalue weighted by molar-refractivity contribution is 6.32. The first-order chi connectivity index (χ1) is 7.90. The van der Waals surface area contributed by atoms with E-state index in [1.54, 1.807) is 13.0 Å². The molecular weight excluding hydrogens is 248 g/mol. The average molecular weight is 257 g/mol. The van der Waals surface area contributed by atoms with Gasteiger partial charge in [0, 0.05) is 0 Å². The Balaban J connectivity index is 3.06. The number of hydrogen-bond acceptors (Lipinski definition) is 3. The fourth-order valence-electron chi connectivity index (χ4n) is 1.05. The van der Waals surface area contributed by atoms with E-state index in [1.807, 2.05) is 0 Å². The molecule has 0 atom stereocenters. The summed E-state index contributed by atoms with van der Waals surface area (Å²) in [4.78, 5) is 21.1. The van der Waals surface area contributed by atoms with Crippen molar-refractivity contribution in [1.82, 2.24) is 0 Å². The number of hydrogen-bond donors (Lipinski definition) is 2. The van der Waals surface area contributed by atoms with E-state index in [2.05, 4.69) is 0 Å². The molecule has 0 aliphatic rings. The molecule has 0 aliphatic carbocycles. The number of aliphatic carboxylic acids is 2. The summed E-state index contributed by atoms with van der Waals surface area (Å²) in [7, 11) is 0. The maximum atomic E-state index is 10.7. The van der Waals surface area contributed by atoms with Crippen LogP contribution in [0, 0.1) is 6.92 Å². The fraction of sp³-hybridized carbons (Fsp3) is 0.0909. The number of carboxylic acids is 2. The molecule has 0 heterocycles. The molecule has 0 bridgehead atoms. The molecule has 0 aromatic heterocycles. The van der Waals surface area contributed by atoms with Crippen LogP contribution in [0.25, 0.3) is 0 Å². The van der Waals surface area contributed by atoms with Crippen molar-refractivity contribution in [2.75, 3.05) is 0 Å². The first-order valence-electron chi connectivity index (χ1n) is 4.52. The lowest BCUT2D eigenvalue weighted by atomic mass is 10.2. The van der Waals surface area contributed by atoms with Gasteiger partial charge in [-0.25, -0.2) is 9.59 Å². The van der Waals surface area contributed by atoms with E-state index < -0.39 is 17.7 Å². The van der Waals surface area contributed by atoms with E-state index in [0.717, 1.165) is 5.56 Å². The smallest absolute Gasteiger partial charge is 0.372 e. The van der Waals surface area contributed by atoms with Crippen LogP contribution in [-0.4, -0.2) is 22.2 Å². The van der Waals surface area contributed by atoms with Gasteiger partial charge in [-0.3, -0.25) is 0 Å². The van der Waals surface area contributed by atoms with Crippen LogP contribution in [-0.2, 0) is 9.59 Å². The van der Waals surface area contributed by atoms with Crippen LogP contribution >= 0.6 is 11.6 Å². The summed E-state index contributed by atoms with van der Waals surface area (Å²) < 4.78 is 4.95. The number of benzene rings is 1. The molecule has 0 spiro atoms. The Kier molecular flexibility index (Phi) is 4.12. The van der Waals surface area contributed by atoms with Crippen LogP contribution in [0.3, 0.4) is 0 Å². The number of ether oxygens (including phenoxy) is 1. The van der Waals surface area contributed by atoms with Crippen molar-refractivity contribution < 1.29 is 24.5 Å². The Labute approximate surface area is 102 Å². The second-order valence-corrected chi connectivity index (χ2v) is 3.60. The van der Waals surface area contributed by atoms with Gasteiger partial charge in [0.05, 0.1) is 11.1 Å². The molecule has 17 heavy (non-hydrogen) atoms. The number of carboxylic acid groups (broad SMARTS) is 2. The van der Waals surface area contributed by atoms with Crippen molar-refractivity contribution in [3.63, 3.8) is 0 Å². The molecule has 0 fully saturated rings. The third-order valence-electron chi connectivity index (χ3n) is 1.77. The molecule has 0 saturated carbocycles. The molecule has 6 heteroatoms. The molecular formula is C11H9ClO5. The van der Waals surface area contributed by atoms with Crippen molar-refractivity contribution in [1.29, 1.82) is 0 Å². The van der Waals surface area contributed by atoms with Crippen molar-refractivity contribution in [2.24, 2.45) is 0 Å². The quantitative estimate of drug-likeness (QED) is 0.636. The molecule has 1 aromatic rings. The maximum absolute atomic E-state index is 10.7. The number of aryl methyl sites for hydroxylation is 1. The van der Waals surface area contributed by atoms with Crippen molar-refractivity contribution in [3.8, 4) is 5.75 Å². The number of halogens is 1. The lowest BCUT2D eigenvalue weighted by molar-refractivity contribution is -0.137. The van der Waals surface area contributed by atoms with Crippen molar-refractivity contribution in [3.05, 3.63) is 40.6 Å². The second kappa shape index (κ2) is 5.36. The molecule has 0 amide bonds. The SMILES string of the molecule is Cc1ccc(Cl)c(O/C(=C\C(=O)O)C(=O)O)c1. The van der Waals surface area contributed by atoms with Gasteiger partial charge in [0.25, 0.3) is 0 Å². The van der Waals surface area contributed by atoms with Crippen LogP contribution in [0.4, 0.5) is 0 Å². The van der Waals surface area contributed by atoms with Gasteiger partial charge < -0.3 is 14.9 Å². The summed E-state index contributed by atoms with van der Waals surface area (Å²) in [5.74, 6) is -3.50. The number of rotatable bonds is 4. The fourth-order valence-corrected chi connectivity index (χ4v) is 1.21. The summed E-state index contributed by atoms with van der Waals surface area (Å²) in [6.07, 6.45) is 0.459. The van der Waals surface area contributed by atoms with Crippen LogP contribution in [0.1, 0.15) is 5.56 Å². The molecule has 0 radical (unpaired) electrons. The Bertz CT molecular complexity index is 493. The Morgan fingerprint density at radius 2 is 2.00 bits per heavy atom. The molecule has 1 aromatic carbocycles. The van der Waals surface area contributed by atoms with E-state index >= 15 is 0 Å². The van der Waals surface area contributed by atoms with E-state index in [0.29, 0.717) is 6.08 Å². The zero-order valence-electron chi connectivity index (χ0n) is 8.81. The van der Waals surface area contributed by atoms with Gasteiger partial charge >= 0.3 is 11.9 Å². The lowest BCUT2D eigenvalue weighted by Gasteiger charge is -2.08. The van der Waals surface area contributed by atoms with Gasteiger partial charge in [-0.1, -0.05) is 17.7 Å². The van der Waals surface area contributed by atoms with Gasteiger partial charge in [-0.2, -0.15) is 0 Å². The third kappa shape index (κ3) is 3.81. The predicted molar refractivity (Wildman–Crippen MR) is 60.2 cm³/mol. The summed E-state index contributed by atoms with van der Waals surface area (Å²) in [5, 5.41) is 17.4. The highest BCUT2D eigenvalue weighted by Crippen LogP contribution is 2.26. The van der Waals surface area contributed by atoms with E-state index in [-0.39, 0.29) is 10.8 Å².